The second-order valence-corrected chi connectivity index (χ2v) is 11.6. The lowest BCUT2D eigenvalue weighted by atomic mass is 9.94. The fraction of sp³-hybridized carbons (Fsp3) is 0.367. The number of amides is 2. The zero-order valence-corrected chi connectivity index (χ0v) is 22.7. The summed E-state index contributed by atoms with van der Waals surface area (Å²) in [5, 5.41) is 5.50. The molecular weight excluding hydrogens is 516 g/mol. The van der Waals surface area contributed by atoms with Crippen LogP contribution in [0.25, 0.3) is 32.9 Å². The molecule has 3 aliphatic rings. The Morgan fingerprint density at radius 1 is 1.15 bits per heavy atom. The Morgan fingerprint density at radius 2 is 2.00 bits per heavy atom. The third-order valence-corrected chi connectivity index (χ3v) is 8.63. The van der Waals surface area contributed by atoms with Crippen LogP contribution in [0.4, 0.5) is 4.79 Å². The number of halogens is 1. The van der Waals surface area contributed by atoms with E-state index in [4.69, 9.17) is 26.1 Å². The number of nitrogens with one attached hydrogen (secondary N) is 2. The lowest BCUT2D eigenvalue weighted by molar-refractivity contribution is -0.136. The van der Waals surface area contributed by atoms with Crippen molar-refractivity contribution in [3.8, 4) is 16.9 Å². The van der Waals surface area contributed by atoms with Crippen LogP contribution in [-0.2, 0) is 16.1 Å². The van der Waals surface area contributed by atoms with E-state index in [2.05, 4.69) is 28.5 Å². The molecule has 4 atom stereocenters. The third kappa shape index (κ3) is 3.92. The van der Waals surface area contributed by atoms with Gasteiger partial charge < -0.3 is 24.7 Å². The lowest BCUT2D eigenvalue weighted by Crippen LogP contribution is -2.52. The number of hydrogen-bond acceptors (Lipinski definition) is 5. The standard InChI is InChI=1S/C30H29ClN4O4/c1-14(2)26(34-30(37)38-3)29(36)35-23-10-16(23)11-24(35)28-32-22-7-4-15-9-21-19-6-5-18(31)8-17(19)13-39-25(21)12-20(15)27(22)33-28/h4-9,12,14,16,23-24,26H,10-11,13H2,1-3H3,(H,32,33)(H,34,37)/t16-,23-,24?,26+/m1/s1. The van der Waals surface area contributed by atoms with E-state index >= 15 is 0 Å². The highest BCUT2D eigenvalue weighted by atomic mass is 35.5. The molecule has 2 N–H and O–H groups in total. The highest BCUT2D eigenvalue weighted by molar-refractivity contribution is 6.30. The van der Waals surface area contributed by atoms with E-state index in [1.165, 1.54) is 7.11 Å². The van der Waals surface area contributed by atoms with E-state index in [-0.39, 0.29) is 23.9 Å². The van der Waals surface area contributed by atoms with E-state index in [9.17, 15) is 9.59 Å². The van der Waals surface area contributed by atoms with Gasteiger partial charge in [0.2, 0.25) is 5.91 Å². The number of aromatic nitrogens is 2. The van der Waals surface area contributed by atoms with Gasteiger partial charge in [0.15, 0.2) is 0 Å². The molecular formula is C30H29ClN4O4. The summed E-state index contributed by atoms with van der Waals surface area (Å²) < 4.78 is 10.9. The van der Waals surface area contributed by atoms with Crippen molar-refractivity contribution in [2.75, 3.05) is 7.11 Å². The number of piperidine rings is 1. The maximum atomic E-state index is 13.8. The molecule has 9 heteroatoms. The van der Waals surface area contributed by atoms with Crippen LogP contribution in [0.1, 0.15) is 44.1 Å². The Bertz CT molecular complexity index is 1660. The smallest absolute Gasteiger partial charge is 0.407 e. The van der Waals surface area contributed by atoms with Gasteiger partial charge >= 0.3 is 6.09 Å². The van der Waals surface area contributed by atoms with Crippen LogP contribution in [0.2, 0.25) is 5.02 Å². The van der Waals surface area contributed by atoms with Gasteiger partial charge in [-0.1, -0.05) is 37.6 Å². The van der Waals surface area contributed by atoms with E-state index < -0.39 is 12.1 Å². The van der Waals surface area contributed by atoms with Crippen molar-refractivity contribution in [1.82, 2.24) is 20.2 Å². The number of likely N-dealkylation sites (tertiary alicyclic amines) is 1. The summed E-state index contributed by atoms with van der Waals surface area (Å²) in [4.78, 5) is 36.2. The van der Waals surface area contributed by atoms with E-state index in [1.54, 1.807) is 0 Å². The predicted molar refractivity (Wildman–Crippen MR) is 149 cm³/mol. The summed E-state index contributed by atoms with van der Waals surface area (Å²) in [7, 11) is 1.31. The molecule has 1 aliphatic carbocycles. The van der Waals surface area contributed by atoms with Crippen molar-refractivity contribution in [3.63, 3.8) is 0 Å². The predicted octanol–water partition coefficient (Wildman–Crippen LogP) is 5.97. The summed E-state index contributed by atoms with van der Waals surface area (Å²) in [6.07, 6.45) is 1.25. The molecule has 2 amide bonds. The number of carbonyl (C=O) groups is 2. The molecule has 1 saturated heterocycles. The van der Waals surface area contributed by atoms with Crippen molar-refractivity contribution in [3.05, 3.63) is 58.9 Å². The second kappa shape index (κ2) is 8.88. The van der Waals surface area contributed by atoms with Crippen LogP contribution < -0.4 is 10.1 Å². The summed E-state index contributed by atoms with van der Waals surface area (Å²) in [5.41, 5.74) is 5.02. The molecule has 8 nitrogen and oxygen atoms in total. The van der Waals surface area contributed by atoms with Gasteiger partial charge in [-0.15, -0.1) is 0 Å². The first-order valence-electron chi connectivity index (χ1n) is 13.4. The Morgan fingerprint density at radius 3 is 2.79 bits per heavy atom. The first-order chi connectivity index (χ1) is 18.8. The van der Waals surface area contributed by atoms with Gasteiger partial charge in [0.1, 0.15) is 24.2 Å². The highest BCUT2D eigenvalue weighted by Gasteiger charge is 2.56. The van der Waals surface area contributed by atoms with Crippen molar-refractivity contribution in [2.45, 2.75) is 51.4 Å². The maximum absolute atomic E-state index is 13.8. The summed E-state index contributed by atoms with van der Waals surface area (Å²) in [6, 6.07) is 13.6. The van der Waals surface area contributed by atoms with E-state index in [1.807, 2.05) is 43.0 Å². The van der Waals surface area contributed by atoms with Gasteiger partial charge in [-0.3, -0.25) is 4.79 Å². The molecule has 2 fully saturated rings. The Labute approximate surface area is 230 Å². The SMILES string of the molecule is COC(=O)N[C@H](C(=O)N1C(c2nc3c(ccc4cc5c(cc43)OCc3cc(Cl)ccc3-5)[nH]2)C[C@H]2C[C@H]21)C(C)C. The molecule has 1 aromatic heterocycles. The van der Waals surface area contributed by atoms with Crippen molar-refractivity contribution < 1.29 is 19.1 Å². The number of rotatable bonds is 4. The second-order valence-electron chi connectivity index (χ2n) is 11.2. The van der Waals surface area contributed by atoms with Crippen LogP contribution >= 0.6 is 11.6 Å². The van der Waals surface area contributed by atoms with E-state index in [0.717, 1.165) is 62.9 Å². The molecule has 3 aromatic carbocycles. The number of benzene rings is 3. The minimum absolute atomic E-state index is 0.0815. The first kappa shape index (κ1) is 24.3. The molecule has 1 saturated carbocycles. The van der Waals surface area contributed by atoms with Crippen LogP contribution in [0.3, 0.4) is 0 Å². The van der Waals surface area contributed by atoms with E-state index in [0.29, 0.717) is 17.5 Å². The number of nitrogens with zero attached hydrogens (tertiary/aromatic N) is 2. The number of aromatic amines is 1. The van der Waals surface area contributed by atoms with Gasteiger partial charge in [-0.2, -0.15) is 0 Å². The van der Waals surface area contributed by atoms with Crippen LogP contribution in [-0.4, -0.2) is 46.1 Å². The van der Waals surface area contributed by atoms with Crippen molar-refractivity contribution in [2.24, 2.45) is 11.8 Å². The minimum atomic E-state index is -0.661. The number of imidazole rings is 1. The third-order valence-electron chi connectivity index (χ3n) is 8.39. The fourth-order valence-electron chi connectivity index (χ4n) is 6.31. The van der Waals surface area contributed by atoms with Crippen molar-refractivity contribution in [1.29, 1.82) is 0 Å². The molecule has 0 radical (unpaired) electrons. The van der Waals surface area contributed by atoms with Crippen molar-refractivity contribution >= 4 is 45.4 Å². The van der Waals surface area contributed by atoms with Gasteiger partial charge in [0.25, 0.3) is 0 Å². The average Bonchev–Trinajstić information content (AvgIpc) is 3.37. The molecule has 1 unspecified atom stereocenters. The van der Waals surface area contributed by atoms with Gasteiger partial charge in [0, 0.05) is 22.0 Å². The zero-order chi connectivity index (χ0) is 27.0. The Kier molecular flexibility index (Phi) is 5.53. The molecule has 0 spiro atoms. The van der Waals surface area contributed by atoms with Gasteiger partial charge in [-0.05, 0) is 71.5 Å². The summed E-state index contributed by atoms with van der Waals surface area (Å²) in [6.45, 7) is 4.32. The largest absolute Gasteiger partial charge is 0.488 e. The number of hydrogen-bond donors (Lipinski definition) is 2. The number of ether oxygens (including phenoxy) is 2. The first-order valence-corrected chi connectivity index (χ1v) is 13.7. The number of alkyl carbamates (subject to hydrolysis) is 1. The van der Waals surface area contributed by atoms with Gasteiger partial charge in [0.05, 0.1) is 24.2 Å². The summed E-state index contributed by atoms with van der Waals surface area (Å²) >= 11 is 6.21. The van der Waals surface area contributed by atoms with Crippen LogP contribution in [0, 0.1) is 11.8 Å². The minimum Gasteiger partial charge on any atom is -0.488 e. The highest BCUT2D eigenvalue weighted by Crippen LogP contribution is 2.53. The average molecular weight is 545 g/mol. The molecule has 2 aliphatic heterocycles. The quantitative estimate of drug-likeness (QED) is 0.330. The van der Waals surface area contributed by atoms with Crippen LogP contribution in [0.5, 0.6) is 5.75 Å². The monoisotopic (exact) mass is 544 g/mol. The van der Waals surface area contributed by atoms with Crippen LogP contribution in [0.15, 0.2) is 42.5 Å². The molecule has 3 heterocycles. The Hall–Kier alpha value is -3.78. The molecule has 4 aromatic rings. The van der Waals surface area contributed by atoms with Gasteiger partial charge in [-0.25, -0.2) is 9.78 Å². The maximum Gasteiger partial charge on any atom is 0.407 e. The normalized spacial score (nSPS) is 21.8. The number of fused-ring (bicyclic) bond motifs is 7. The molecule has 7 rings (SSSR count). The zero-order valence-electron chi connectivity index (χ0n) is 22.0. The molecule has 200 valence electrons. The Balaban J connectivity index is 1.26. The topological polar surface area (TPSA) is 96.6 Å². The summed E-state index contributed by atoms with van der Waals surface area (Å²) in [5.74, 6) is 1.89. The number of methoxy groups -OCH3 is 1. The number of carbonyl (C=O) groups excluding carboxylic acids is 2. The molecule has 0 bridgehead atoms. The fourth-order valence-corrected chi connectivity index (χ4v) is 6.50. The number of H-pyrrole nitrogens is 1. The molecule has 39 heavy (non-hydrogen) atoms. The lowest BCUT2D eigenvalue weighted by Gasteiger charge is -2.31.